The van der Waals surface area contributed by atoms with Gasteiger partial charge in [0.25, 0.3) is 11.6 Å². The normalized spacial score (nSPS) is 11.0. The minimum Gasteiger partial charge on any atom is -0.482 e. The topological polar surface area (TPSA) is 108 Å². The van der Waals surface area contributed by atoms with Crippen molar-refractivity contribution < 1.29 is 37.2 Å². The van der Waals surface area contributed by atoms with E-state index < -0.39 is 53.1 Å². The second kappa shape index (κ2) is 9.44. The molecule has 0 fully saturated rings. The lowest BCUT2D eigenvalue weighted by Gasteiger charge is -2.11. The molecule has 0 aromatic heterocycles. The van der Waals surface area contributed by atoms with Crippen LogP contribution < -0.4 is 10.1 Å². The van der Waals surface area contributed by atoms with Crippen LogP contribution in [0, 0.1) is 17.0 Å². The fourth-order valence-electron chi connectivity index (χ4n) is 2.25. The van der Waals surface area contributed by atoms with Gasteiger partial charge in [0.2, 0.25) is 0 Å². The predicted octanol–water partition coefficient (Wildman–Crippen LogP) is 4.14. The molecule has 30 heavy (non-hydrogen) atoms. The first-order valence-corrected chi connectivity index (χ1v) is 8.55. The summed E-state index contributed by atoms with van der Waals surface area (Å²) in [7, 11) is 0. The summed E-state index contributed by atoms with van der Waals surface area (Å²) in [5, 5.41) is 13.5. The van der Waals surface area contributed by atoms with Gasteiger partial charge in [-0.2, -0.15) is 13.2 Å². The Morgan fingerprint density at radius 1 is 1.17 bits per heavy atom. The number of nitrogens with one attached hydrogen (secondary N) is 1. The number of hydrogen-bond acceptors (Lipinski definition) is 6. The molecule has 0 unspecified atom stereocenters. The number of carbonyl (C=O) groups is 2. The van der Waals surface area contributed by atoms with E-state index in [0.29, 0.717) is 28.5 Å². The molecule has 2 aromatic carbocycles. The molecule has 1 N–H and O–H groups in total. The fraction of sp³-hybridized carbons (Fsp3) is 0.222. The first kappa shape index (κ1) is 22.9. The van der Waals surface area contributed by atoms with Crippen molar-refractivity contribution in [1.29, 1.82) is 0 Å². The molecule has 2 aromatic rings. The number of hydrogen-bond donors (Lipinski definition) is 1. The molecule has 160 valence electrons. The van der Waals surface area contributed by atoms with Crippen LogP contribution in [0.2, 0.25) is 5.02 Å². The third-order valence-electron chi connectivity index (χ3n) is 3.64. The molecule has 12 heteroatoms. The van der Waals surface area contributed by atoms with Crippen LogP contribution in [0.1, 0.15) is 11.1 Å². The Balaban J connectivity index is 1.92. The average molecular weight is 447 g/mol. The van der Waals surface area contributed by atoms with Crippen LogP contribution in [0.3, 0.4) is 0 Å². The fourth-order valence-corrected chi connectivity index (χ4v) is 2.48. The standard InChI is InChI=1S/C18H14ClF3N2O6/c1-10-6-12(19)3-5-15(10)29-9-17(26)30-8-16(25)23-13-4-2-11(18(20,21)22)7-14(13)24(27)28/h2-7H,8-9H2,1H3,(H,23,25). The summed E-state index contributed by atoms with van der Waals surface area (Å²) in [5.74, 6) is -1.50. The highest BCUT2D eigenvalue weighted by atomic mass is 35.5. The van der Waals surface area contributed by atoms with Gasteiger partial charge in [-0.1, -0.05) is 11.6 Å². The summed E-state index contributed by atoms with van der Waals surface area (Å²) in [4.78, 5) is 33.5. The summed E-state index contributed by atoms with van der Waals surface area (Å²) in [6.07, 6.45) is -4.79. The van der Waals surface area contributed by atoms with Gasteiger partial charge in [-0.25, -0.2) is 4.79 Å². The van der Waals surface area contributed by atoms with Crippen molar-refractivity contribution in [1.82, 2.24) is 0 Å². The van der Waals surface area contributed by atoms with Gasteiger partial charge in [-0.05, 0) is 42.8 Å². The van der Waals surface area contributed by atoms with E-state index in [9.17, 15) is 32.9 Å². The van der Waals surface area contributed by atoms with Crippen LogP contribution in [0.5, 0.6) is 5.75 Å². The molecule has 0 heterocycles. The summed E-state index contributed by atoms with van der Waals surface area (Å²) in [5.41, 5.74) is -2.00. The van der Waals surface area contributed by atoms with Crippen LogP contribution in [0.15, 0.2) is 36.4 Å². The van der Waals surface area contributed by atoms with Gasteiger partial charge in [0.1, 0.15) is 11.4 Å². The molecule has 0 saturated heterocycles. The van der Waals surface area contributed by atoms with Crippen LogP contribution in [0.25, 0.3) is 0 Å². The molecule has 0 bridgehead atoms. The highest BCUT2D eigenvalue weighted by molar-refractivity contribution is 6.30. The maximum Gasteiger partial charge on any atom is 0.416 e. The number of anilines is 1. The van der Waals surface area contributed by atoms with Gasteiger partial charge in [0.15, 0.2) is 13.2 Å². The lowest BCUT2D eigenvalue weighted by molar-refractivity contribution is -0.384. The molecule has 2 rings (SSSR count). The first-order valence-electron chi connectivity index (χ1n) is 8.17. The predicted molar refractivity (Wildman–Crippen MR) is 99.4 cm³/mol. The zero-order chi connectivity index (χ0) is 22.5. The lowest BCUT2D eigenvalue weighted by Crippen LogP contribution is -2.24. The van der Waals surface area contributed by atoms with E-state index >= 15 is 0 Å². The average Bonchev–Trinajstić information content (AvgIpc) is 2.65. The number of esters is 1. The number of rotatable bonds is 7. The summed E-state index contributed by atoms with van der Waals surface area (Å²) in [6, 6.07) is 6.33. The van der Waals surface area contributed by atoms with Crippen LogP contribution in [-0.2, 0) is 20.5 Å². The maximum atomic E-state index is 12.7. The molecule has 0 radical (unpaired) electrons. The molecular formula is C18H14ClF3N2O6. The lowest BCUT2D eigenvalue weighted by atomic mass is 10.1. The molecule has 0 aliphatic heterocycles. The molecule has 0 aliphatic carbocycles. The van der Waals surface area contributed by atoms with Gasteiger partial charge in [-0.15, -0.1) is 0 Å². The second-order valence-corrected chi connectivity index (χ2v) is 6.33. The van der Waals surface area contributed by atoms with Crippen molar-refractivity contribution >= 4 is 34.9 Å². The Morgan fingerprint density at radius 3 is 2.47 bits per heavy atom. The quantitative estimate of drug-likeness (QED) is 0.389. The van der Waals surface area contributed by atoms with Crippen LogP contribution in [0.4, 0.5) is 24.5 Å². The SMILES string of the molecule is Cc1cc(Cl)ccc1OCC(=O)OCC(=O)Nc1ccc(C(F)(F)F)cc1[N+](=O)[O-]. The van der Waals surface area contributed by atoms with Crippen molar-refractivity contribution in [2.24, 2.45) is 0 Å². The van der Waals surface area contributed by atoms with Crippen molar-refractivity contribution in [2.75, 3.05) is 18.5 Å². The summed E-state index contributed by atoms with van der Waals surface area (Å²) < 4.78 is 48.0. The number of benzene rings is 2. The zero-order valence-corrected chi connectivity index (χ0v) is 16.0. The highest BCUT2D eigenvalue weighted by Crippen LogP contribution is 2.34. The maximum absolute atomic E-state index is 12.7. The third-order valence-corrected chi connectivity index (χ3v) is 3.88. The number of alkyl halides is 3. The Morgan fingerprint density at radius 2 is 1.87 bits per heavy atom. The Bertz CT molecular complexity index is 981. The van der Waals surface area contributed by atoms with Gasteiger partial charge in [-0.3, -0.25) is 14.9 Å². The van der Waals surface area contributed by atoms with Crippen molar-refractivity contribution in [3.63, 3.8) is 0 Å². The zero-order valence-electron chi connectivity index (χ0n) is 15.3. The van der Waals surface area contributed by atoms with E-state index in [0.717, 1.165) is 6.07 Å². The second-order valence-electron chi connectivity index (χ2n) is 5.89. The van der Waals surface area contributed by atoms with Gasteiger partial charge in [0, 0.05) is 11.1 Å². The van der Waals surface area contributed by atoms with Gasteiger partial charge < -0.3 is 14.8 Å². The van der Waals surface area contributed by atoms with Crippen LogP contribution in [-0.4, -0.2) is 30.0 Å². The molecule has 0 atom stereocenters. The van der Waals surface area contributed by atoms with Crippen molar-refractivity contribution in [3.05, 3.63) is 62.7 Å². The van der Waals surface area contributed by atoms with Gasteiger partial charge >= 0.3 is 12.1 Å². The van der Waals surface area contributed by atoms with Gasteiger partial charge in [0.05, 0.1) is 10.5 Å². The third kappa shape index (κ3) is 6.34. The first-order chi connectivity index (χ1) is 14.0. The number of nitro benzene ring substituents is 1. The number of carbonyl (C=O) groups excluding carboxylic acids is 2. The number of aryl methyl sites for hydroxylation is 1. The van der Waals surface area contributed by atoms with E-state index in [4.69, 9.17) is 16.3 Å². The number of amides is 1. The smallest absolute Gasteiger partial charge is 0.416 e. The highest BCUT2D eigenvalue weighted by Gasteiger charge is 2.33. The van der Waals surface area contributed by atoms with E-state index in [-0.39, 0.29) is 0 Å². The molecule has 1 amide bonds. The van der Waals surface area contributed by atoms with Crippen LogP contribution >= 0.6 is 11.6 Å². The molecular weight excluding hydrogens is 433 g/mol. The minimum atomic E-state index is -4.79. The minimum absolute atomic E-state index is 0.296. The number of nitrogens with zero attached hydrogens (tertiary/aromatic N) is 1. The Hall–Kier alpha value is -3.34. The molecule has 0 aliphatic rings. The number of ether oxygens (including phenoxy) is 2. The monoisotopic (exact) mass is 446 g/mol. The Labute approximate surface area is 172 Å². The van der Waals surface area contributed by atoms with Crippen molar-refractivity contribution in [2.45, 2.75) is 13.1 Å². The molecule has 0 spiro atoms. The Kier molecular flexibility index (Phi) is 7.22. The molecule has 0 saturated carbocycles. The number of nitro groups is 1. The summed E-state index contributed by atoms with van der Waals surface area (Å²) >= 11 is 5.80. The number of halogens is 4. The van der Waals surface area contributed by atoms with E-state index in [1.807, 2.05) is 5.32 Å². The molecule has 8 nitrogen and oxygen atoms in total. The van der Waals surface area contributed by atoms with E-state index in [2.05, 4.69) is 4.74 Å². The largest absolute Gasteiger partial charge is 0.482 e. The van der Waals surface area contributed by atoms with E-state index in [1.54, 1.807) is 25.1 Å². The van der Waals surface area contributed by atoms with Crippen molar-refractivity contribution in [3.8, 4) is 5.75 Å². The summed E-state index contributed by atoms with van der Waals surface area (Å²) in [6.45, 7) is 0.368. The van der Waals surface area contributed by atoms with E-state index in [1.165, 1.54) is 0 Å².